The monoisotopic (exact) mass is 460 g/mol. The van der Waals surface area contributed by atoms with E-state index in [0.717, 1.165) is 26.7 Å². The van der Waals surface area contributed by atoms with E-state index >= 15 is 0 Å². The van der Waals surface area contributed by atoms with E-state index < -0.39 is 0 Å². The Morgan fingerprint density at radius 2 is 1.50 bits per heavy atom. The number of benzene rings is 3. The zero-order valence-corrected chi connectivity index (χ0v) is 19.3. The summed E-state index contributed by atoms with van der Waals surface area (Å²) in [5.41, 5.74) is 3.26. The van der Waals surface area contributed by atoms with Gasteiger partial charge >= 0.3 is 0 Å². The standard InChI is InChI=1S/C27H25ClN2OS/c28-26-16-8-7-12-23(26)19-29-17-9-13-24(29)20-30(18-22-10-3-1-4-11-22)27(31)21-32-25-14-5-2-6-15-25/h1-17H,18-21H2. The second kappa shape index (κ2) is 11.1. The van der Waals surface area contributed by atoms with Gasteiger partial charge in [-0.1, -0.05) is 78.3 Å². The Morgan fingerprint density at radius 3 is 2.25 bits per heavy atom. The predicted molar refractivity (Wildman–Crippen MR) is 133 cm³/mol. The van der Waals surface area contributed by atoms with Crippen LogP contribution in [-0.2, 0) is 24.4 Å². The second-order valence-electron chi connectivity index (χ2n) is 7.56. The van der Waals surface area contributed by atoms with E-state index in [-0.39, 0.29) is 5.91 Å². The molecule has 0 aliphatic rings. The molecule has 1 amide bonds. The SMILES string of the molecule is O=C(CSc1ccccc1)N(Cc1ccccc1)Cc1cccn1Cc1ccccc1Cl. The van der Waals surface area contributed by atoms with Gasteiger partial charge in [0.2, 0.25) is 5.91 Å². The molecule has 3 aromatic carbocycles. The van der Waals surface area contributed by atoms with E-state index in [1.165, 1.54) is 0 Å². The van der Waals surface area contributed by atoms with Crippen LogP contribution in [0.2, 0.25) is 5.02 Å². The third-order valence-corrected chi connectivity index (χ3v) is 6.61. The van der Waals surface area contributed by atoms with Gasteiger partial charge < -0.3 is 9.47 Å². The van der Waals surface area contributed by atoms with Crippen LogP contribution in [0.15, 0.2) is 108 Å². The number of halogens is 1. The number of rotatable bonds is 9. The van der Waals surface area contributed by atoms with Crippen LogP contribution in [0, 0.1) is 0 Å². The molecule has 32 heavy (non-hydrogen) atoms. The molecule has 0 aliphatic carbocycles. The van der Waals surface area contributed by atoms with E-state index in [4.69, 9.17) is 11.6 Å². The van der Waals surface area contributed by atoms with Crippen molar-refractivity contribution in [2.45, 2.75) is 24.5 Å². The Labute approximate surface area is 198 Å². The van der Waals surface area contributed by atoms with E-state index in [2.05, 4.69) is 22.8 Å². The lowest BCUT2D eigenvalue weighted by molar-refractivity contribution is -0.129. The average Bonchev–Trinajstić information content (AvgIpc) is 3.26. The summed E-state index contributed by atoms with van der Waals surface area (Å²) >= 11 is 7.95. The Bertz CT molecular complexity index is 1140. The summed E-state index contributed by atoms with van der Waals surface area (Å²) in [6.07, 6.45) is 2.04. The van der Waals surface area contributed by atoms with Crippen LogP contribution in [0.4, 0.5) is 0 Å². The molecule has 0 saturated heterocycles. The van der Waals surface area contributed by atoms with Gasteiger partial charge in [-0.05, 0) is 41.5 Å². The summed E-state index contributed by atoms with van der Waals surface area (Å²) in [5.74, 6) is 0.524. The fraction of sp³-hybridized carbons (Fsp3) is 0.148. The summed E-state index contributed by atoms with van der Waals surface area (Å²) in [6.45, 7) is 1.79. The fourth-order valence-corrected chi connectivity index (χ4v) is 4.56. The first kappa shape index (κ1) is 22.3. The van der Waals surface area contributed by atoms with Crippen LogP contribution >= 0.6 is 23.4 Å². The Hall–Kier alpha value is -2.95. The van der Waals surface area contributed by atoms with Crippen molar-refractivity contribution in [2.75, 3.05) is 5.75 Å². The molecular weight excluding hydrogens is 436 g/mol. The lowest BCUT2D eigenvalue weighted by atomic mass is 10.2. The van der Waals surface area contributed by atoms with Crippen molar-refractivity contribution < 1.29 is 4.79 Å². The fourth-order valence-electron chi connectivity index (χ4n) is 3.54. The van der Waals surface area contributed by atoms with Gasteiger partial charge in [0.05, 0.1) is 12.3 Å². The molecule has 4 rings (SSSR count). The number of carbonyl (C=O) groups excluding carboxylic acids is 1. The number of hydrogen-bond donors (Lipinski definition) is 0. The number of hydrogen-bond acceptors (Lipinski definition) is 2. The molecule has 0 radical (unpaired) electrons. The molecule has 1 aromatic heterocycles. The second-order valence-corrected chi connectivity index (χ2v) is 9.01. The summed E-state index contributed by atoms with van der Waals surface area (Å²) in [7, 11) is 0. The number of nitrogens with zero attached hydrogens (tertiary/aromatic N) is 2. The summed E-state index contributed by atoms with van der Waals surface area (Å²) in [6, 6.07) is 32.2. The molecule has 0 saturated carbocycles. The van der Waals surface area contributed by atoms with Crippen LogP contribution in [0.25, 0.3) is 0 Å². The van der Waals surface area contributed by atoms with Gasteiger partial charge in [-0.25, -0.2) is 0 Å². The normalized spacial score (nSPS) is 10.8. The largest absolute Gasteiger partial charge is 0.345 e. The van der Waals surface area contributed by atoms with Gasteiger partial charge in [-0.15, -0.1) is 11.8 Å². The molecule has 162 valence electrons. The molecule has 5 heteroatoms. The highest BCUT2D eigenvalue weighted by Crippen LogP contribution is 2.21. The van der Waals surface area contributed by atoms with Crippen molar-refractivity contribution in [2.24, 2.45) is 0 Å². The number of carbonyl (C=O) groups is 1. The Morgan fingerprint density at radius 1 is 0.812 bits per heavy atom. The number of thioether (sulfide) groups is 1. The minimum absolute atomic E-state index is 0.119. The Kier molecular flexibility index (Phi) is 7.70. The first-order valence-corrected chi connectivity index (χ1v) is 11.9. The highest BCUT2D eigenvalue weighted by atomic mass is 35.5. The molecule has 0 bridgehead atoms. The maximum atomic E-state index is 13.2. The molecule has 4 aromatic rings. The van der Waals surface area contributed by atoms with Crippen LogP contribution in [0.3, 0.4) is 0 Å². The van der Waals surface area contributed by atoms with Crippen LogP contribution < -0.4 is 0 Å². The number of aromatic nitrogens is 1. The predicted octanol–water partition coefficient (Wildman–Crippen LogP) is 6.51. The molecule has 1 heterocycles. The lowest BCUT2D eigenvalue weighted by Crippen LogP contribution is -2.32. The maximum absolute atomic E-state index is 13.2. The highest BCUT2D eigenvalue weighted by molar-refractivity contribution is 8.00. The molecule has 0 aliphatic heterocycles. The minimum atomic E-state index is 0.119. The van der Waals surface area contributed by atoms with Crippen molar-refractivity contribution >= 4 is 29.3 Å². The molecule has 3 nitrogen and oxygen atoms in total. The third-order valence-electron chi connectivity index (χ3n) is 5.25. The summed E-state index contributed by atoms with van der Waals surface area (Å²) < 4.78 is 2.16. The first-order valence-electron chi connectivity index (χ1n) is 10.6. The zero-order valence-electron chi connectivity index (χ0n) is 17.7. The molecule has 0 spiro atoms. The Balaban J connectivity index is 1.51. The van der Waals surface area contributed by atoms with Crippen molar-refractivity contribution in [1.29, 1.82) is 0 Å². The van der Waals surface area contributed by atoms with Crippen molar-refractivity contribution in [3.63, 3.8) is 0 Å². The van der Waals surface area contributed by atoms with Gasteiger partial charge in [0.25, 0.3) is 0 Å². The van der Waals surface area contributed by atoms with Crippen molar-refractivity contribution in [3.05, 3.63) is 125 Å². The van der Waals surface area contributed by atoms with E-state index in [0.29, 0.717) is 25.4 Å². The third kappa shape index (κ3) is 6.06. The van der Waals surface area contributed by atoms with Gasteiger partial charge in [-0.2, -0.15) is 0 Å². The first-order chi connectivity index (χ1) is 15.7. The summed E-state index contributed by atoms with van der Waals surface area (Å²) in [5, 5.41) is 0.753. The highest BCUT2D eigenvalue weighted by Gasteiger charge is 2.17. The van der Waals surface area contributed by atoms with E-state index in [9.17, 15) is 4.79 Å². The quantitative estimate of drug-likeness (QED) is 0.266. The smallest absolute Gasteiger partial charge is 0.233 e. The summed E-state index contributed by atoms with van der Waals surface area (Å²) in [4.78, 5) is 16.3. The topological polar surface area (TPSA) is 25.2 Å². The van der Waals surface area contributed by atoms with Gasteiger partial charge in [0.15, 0.2) is 0 Å². The van der Waals surface area contributed by atoms with Gasteiger partial charge in [0.1, 0.15) is 0 Å². The van der Waals surface area contributed by atoms with E-state index in [1.54, 1.807) is 11.8 Å². The molecule has 0 N–H and O–H groups in total. The molecule has 0 unspecified atom stereocenters. The van der Waals surface area contributed by atoms with Crippen LogP contribution in [0.5, 0.6) is 0 Å². The molecule has 0 atom stereocenters. The molecular formula is C27H25ClN2OS. The average molecular weight is 461 g/mol. The van der Waals surface area contributed by atoms with E-state index in [1.807, 2.05) is 90.0 Å². The zero-order chi connectivity index (χ0) is 22.2. The van der Waals surface area contributed by atoms with Crippen molar-refractivity contribution in [3.8, 4) is 0 Å². The number of amides is 1. The van der Waals surface area contributed by atoms with Crippen molar-refractivity contribution in [1.82, 2.24) is 9.47 Å². The van der Waals surface area contributed by atoms with Gasteiger partial charge in [-0.3, -0.25) is 4.79 Å². The maximum Gasteiger partial charge on any atom is 0.233 e. The van der Waals surface area contributed by atoms with Crippen LogP contribution in [-0.4, -0.2) is 21.1 Å². The van der Waals surface area contributed by atoms with Crippen LogP contribution in [0.1, 0.15) is 16.8 Å². The minimum Gasteiger partial charge on any atom is -0.345 e. The lowest BCUT2D eigenvalue weighted by Gasteiger charge is -2.24. The van der Waals surface area contributed by atoms with Gasteiger partial charge in [0, 0.05) is 34.9 Å². The molecule has 0 fully saturated rings.